The molecule has 0 saturated carbocycles. The zero-order valence-corrected chi connectivity index (χ0v) is 19.5. The second-order valence-electron chi connectivity index (χ2n) is 6.95. The molecule has 0 radical (unpaired) electrons. The van der Waals surface area contributed by atoms with E-state index in [9.17, 15) is 19.2 Å². The predicted molar refractivity (Wildman–Crippen MR) is 126 cm³/mol. The lowest BCUT2D eigenvalue weighted by atomic mass is 10.2. The number of hydrogen-bond acceptors (Lipinski definition) is 7. The van der Waals surface area contributed by atoms with Crippen LogP contribution >= 0.6 is 23.4 Å². The summed E-state index contributed by atoms with van der Waals surface area (Å²) >= 11 is 6.80. The maximum Gasteiger partial charge on any atom is 0.326 e. The van der Waals surface area contributed by atoms with E-state index in [0.717, 1.165) is 22.2 Å². The molecule has 0 aliphatic carbocycles. The van der Waals surface area contributed by atoms with E-state index in [0.29, 0.717) is 22.0 Å². The molecule has 172 valence electrons. The van der Waals surface area contributed by atoms with Gasteiger partial charge >= 0.3 is 5.97 Å². The highest BCUT2D eigenvalue weighted by molar-refractivity contribution is 8.18. The summed E-state index contributed by atoms with van der Waals surface area (Å²) in [6.45, 7) is 3.01. The Balaban J connectivity index is 1.61. The second-order valence-corrected chi connectivity index (χ2v) is 8.35. The van der Waals surface area contributed by atoms with E-state index in [-0.39, 0.29) is 24.0 Å². The van der Waals surface area contributed by atoms with Gasteiger partial charge in [-0.2, -0.15) is 0 Å². The van der Waals surface area contributed by atoms with Crippen LogP contribution in [-0.4, -0.2) is 47.7 Å². The molecule has 0 spiro atoms. The number of imide groups is 1. The van der Waals surface area contributed by atoms with E-state index in [2.05, 4.69) is 5.32 Å². The fourth-order valence-corrected chi connectivity index (χ4v) is 3.85. The van der Waals surface area contributed by atoms with Crippen molar-refractivity contribution < 1.29 is 28.7 Å². The molecule has 3 rings (SSSR count). The van der Waals surface area contributed by atoms with Crippen LogP contribution in [0.1, 0.15) is 18.1 Å². The van der Waals surface area contributed by atoms with Crippen molar-refractivity contribution in [1.29, 1.82) is 0 Å². The lowest BCUT2D eigenvalue weighted by Gasteiger charge is -2.10. The number of thioether (sulfide) groups is 1. The number of anilines is 1. The average molecular weight is 489 g/mol. The fourth-order valence-electron chi connectivity index (χ4n) is 2.83. The number of carbonyl (C=O) groups excluding carboxylic acids is 4. The smallest absolute Gasteiger partial charge is 0.326 e. The first-order chi connectivity index (χ1) is 15.8. The van der Waals surface area contributed by atoms with Gasteiger partial charge in [0.15, 0.2) is 6.61 Å². The Morgan fingerprint density at radius 2 is 1.97 bits per heavy atom. The zero-order valence-electron chi connectivity index (χ0n) is 17.9. The van der Waals surface area contributed by atoms with E-state index >= 15 is 0 Å². The normalized spacial score (nSPS) is 14.5. The minimum Gasteiger partial charge on any atom is -0.484 e. The van der Waals surface area contributed by atoms with Gasteiger partial charge in [0.05, 0.1) is 11.5 Å². The van der Waals surface area contributed by atoms with Crippen molar-refractivity contribution in [2.24, 2.45) is 0 Å². The Kier molecular flexibility index (Phi) is 8.13. The largest absolute Gasteiger partial charge is 0.484 e. The molecule has 0 bridgehead atoms. The number of nitrogens with one attached hydrogen (secondary N) is 1. The topological polar surface area (TPSA) is 102 Å². The monoisotopic (exact) mass is 488 g/mol. The maximum absolute atomic E-state index is 12.5. The molecule has 0 aromatic heterocycles. The van der Waals surface area contributed by atoms with E-state index in [1.165, 1.54) is 6.08 Å². The van der Waals surface area contributed by atoms with Crippen LogP contribution in [0.2, 0.25) is 5.02 Å². The molecule has 1 fully saturated rings. The molecular formula is C23H21ClN2O6S. The first-order valence-corrected chi connectivity index (χ1v) is 11.2. The summed E-state index contributed by atoms with van der Waals surface area (Å²) in [5, 5.41) is 2.71. The van der Waals surface area contributed by atoms with Crippen LogP contribution in [-0.2, 0) is 19.1 Å². The molecule has 10 heteroatoms. The third-order valence-electron chi connectivity index (χ3n) is 4.45. The van der Waals surface area contributed by atoms with Gasteiger partial charge in [-0.25, -0.2) is 0 Å². The van der Waals surface area contributed by atoms with E-state index in [1.54, 1.807) is 49.4 Å². The van der Waals surface area contributed by atoms with Crippen LogP contribution in [0.5, 0.6) is 5.75 Å². The lowest BCUT2D eigenvalue weighted by Crippen LogP contribution is -2.34. The predicted octanol–water partition coefficient (Wildman–Crippen LogP) is 4.27. The van der Waals surface area contributed by atoms with Gasteiger partial charge in [0.25, 0.3) is 17.1 Å². The van der Waals surface area contributed by atoms with Crippen LogP contribution < -0.4 is 10.1 Å². The van der Waals surface area contributed by atoms with Gasteiger partial charge in [-0.3, -0.25) is 24.1 Å². The summed E-state index contributed by atoms with van der Waals surface area (Å²) in [6.07, 6.45) is 1.53. The van der Waals surface area contributed by atoms with Crippen molar-refractivity contribution in [2.45, 2.75) is 13.8 Å². The molecule has 8 nitrogen and oxygen atoms in total. The number of benzene rings is 2. The third-order valence-corrected chi connectivity index (χ3v) is 5.76. The summed E-state index contributed by atoms with van der Waals surface area (Å²) in [5.41, 5.74) is 2.06. The van der Waals surface area contributed by atoms with Crippen LogP contribution in [0.15, 0.2) is 47.4 Å². The number of aryl methyl sites for hydroxylation is 1. The SMILES string of the molecule is CCOC(=O)CN1C(=O)S/C(=C\c2cccc(OCC(=O)Nc3ccc(C)c(Cl)c3)c2)C1=O. The number of carbonyl (C=O) groups is 4. The van der Waals surface area contributed by atoms with Gasteiger partial charge in [0.2, 0.25) is 0 Å². The Hall–Kier alpha value is -3.30. The summed E-state index contributed by atoms with van der Waals surface area (Å²) in [5.74, 6) is -1.17. The molecule has 0 unspecified atom stereocenters. The fraction of sp³-hybridized carbons (Fsp3) is 0.217. The first-order valence-electron chi connectivity index (χ1n) is 9.96. The highest BCUT2D eigenvalue weighted by Gasteiger charge is 2.36. The molecule has 1 heterocycles. The molecular weight excluding hydrogens is 468 g/mol. The van der Waals surface area contributed by atoms with Crippen LogP contribution in [0, 0.1) is 6.92 Å². The van der Waals surface area contributed by atoms with Gasteiger partial charge < -0.3 is 14.8 Å². The van der Waals surface area contributed by atoms with Gasteiger partial charge in [0, 0.05) is 10.7 Å². The van der Waals surface area contributed by atoms with Crippen LogP contribution in [0.3, 0.4) is 0 Å². The number of amides is 3. The Morgan fingerprint density at radius 3 is 2.70 bits per heavy atom. The Bertz CT molecular complexity index is 1130. The quantitative estimate of drug-likeness (QED) is 0.437. The van der Waals surface area contributed by atoms with Gasteiger partial charge in [0.1, 0.15) is 12.3 Å². The Morgan fingerprint density at radius 1 is 1.18 bits per heavy atom. The van der Waals surface area contributed by atoms with Crippen molar-refractivity contribution in [2.75, 3.05) is 25.1 Å². The maximum atomic E-state index is 12.5. The van der Waals surface area contributed by atoms with Crippen molar-refractivity contribution in [3.8, 4) is 5.75 Å². The molecule has 33 heavy (non-hydrogen) atoms. The third kappa shape index (κ3) is 6.59. The van der Waals surface area contributed by atoms with E-state index < -0.39 is 23.7 Å². The van der Waals surface area contributed by atoms with Crippen molar-refractivity contribution >= 4 is 58.1 Å². The molecule has 1 aliphatic rings. The zero-order chi connectivity index (χ0) is 24.0. The van der Waals surface area contributed by atoms with Gasteiger partial charge in [-0.05, 0) is 67.1 Å². The highest BCUT2D eigenvalue weighted by atomic mass is 35.5. The Labute approximate surface area is 199 Å². The lowest BCUT2D eigenvalue weighted by molar-refractivity contribution is -0.146. The molecule has 2 aromatic carbocycles. The number of halogens is 1. The standard InChI is InChI=1S/C23H21ClN2O6S/c1-3-31-21(28)12-26-22(29)19(33-23(26)30)10-15-5-4-6-17(9-15)32-13-20(27)25-16-8-7-14(2)18(24)11-16/h4-11H,3,12-13H2,1-2H3,(H,25,27)/b19-10-. The number of esters is 1. The molecule has 3 amide bonds. The number of hydrogen-bond donors (Lipinski definition) is 1. The number of rotatable bonds is 8. The van der Waals surface area contributed by atoms with Gasteiger partial charge in [-0.1, -0.05) is 29.8 Å². The minimum absolute atomic E-state index is 0.161. The van der Waals surface area contributed by atoms with Gasteiger partial charge in [-0.15, -0.1) is 0 Å². The average Bonchev–Trinajstić information content (AvgIpc) is 3.02. The molecule has 1 saturated heterocycles. The summed E-state index contributed by atoms with van der Waals surface area (Å²) in [7, 11) is 0. The summed E-state index contributed by atoms with van der Waals surface area (Å²) < 4.78 is 10.3. The van der Waals surface area contributed by atoms with Crippen molar-refractivity contribution in [1.82, 2.24) is 4.90 Å². The first kappa shape index (κ1) is 24.3. The number of nitrogens with zero attached hydrogens (tertiary/aromatic N) is 1. The van der Waals surface area contributed by atoms with Crippen LogP contribution in [0.25, 0.3) is 6.08 Å². The van der Waals surface area contributed by atoms with E-state index in [1.807, 2.05) is 6.92 Å². The van der Waals surface area contributed by atoms with Crippen molar-refractivity contribution in [3.05, 3.63) is 63.5 Å². The summed E-state index contributed by atoms with van der Waals surface area (Å²) in [4.78, 5) is 49.4. The van der Waals surface area contributed by atoms with Crippen LogP contribution in [0.4, 0.5) is 10.5 Å². The van der Waals surface area contributed by atoms with E-state index in [4.69, 9.17) is 21.1 Å². The van der Waals surface area contributed by atoms with Crippen molar-refractivity contribution in [3.63, 3.8) is 0 Å². The molecule has 2 aromatic rings. The summed E-state index contributed by atoms with van der Waals surface area (Å²) in [6, 6.07) is 11.9. The molecule has 0 atom stereocenters. The number of ether oxygens (including phenoxy) is 2. The minimum atomic E-state index is -0.650. The highest BCUT2D eigenvalue weighted by Crippen LogP contribution is 2.32. The molecule has 1 aliphatic heterocycles. The second kappa shape index (κ2) is 11.0. The molecule has 1 N–H and O–H groups in total.